The Morgan fingerprint density at radius 1 is 1.21 bits per heavy atom. The second kappa shape index (κ2) is 7.29. The van der Waals surface area contributed by atoms with E-state index in [2.05, 4.69) is 4.72 Å². The maximum Gasteiger partial charge on any atom is 0.286 e. The number of halogens is 2. The highest BCUT2D eigenvalue weighted by Crippen LogP contribution is 2.47. The molecule has 1 aliphatic rings. The van der Waals surface area contributed by atoms with E-state index in [4.69, 9.17) is 5.11 Å². The average Bonchev–Trinajstić information content (AvgIpc) is 3.40. The number of aromatic nitrogens is 1. The first-order chi connectivity index (χ1) is 13.1. The van der Waals surface area contributed by atoms with Crippen molar-refractivity contribution >= 4 is 15.7 Å². The van der Waals surface area contributed by atoms with Crippen LogP contribution in [0, 0.1) is 18.6 Å². The molecule has 6 nitrogen and oxygen atoms in total. The van der Waals surface area contributed by atoms with Crippen LogP contribution in [0.4, 0.5) is 14.5 Å². The number of hydrogen-bond acceptors (Lipinski definition) is 4. The van der Waals surface area contributed by atoms with Gasteiger partial charge in [-0.25, -0.2) is 17.2 Å². The summed E-state index contributed by atoms with van der Waals surface area (Å²) in [4.78, 5) is 12.0. The zero-order chi connectivity index (χ0) is 20.7. The Labute approximate surface area is 161 Å². The SMILES string of the molecule is Cc1ccc(Cc2c(NS(=O)(=O)C3(CCO)CC3)cc(F)c(=O)n2C)c(F)c1. The van der Waals surface area contributed by atoms with Crippen LogP contribution in [-0.4, -0.2) is 29.4 Å². The first-order valence-corrected chi connectivity index (χ1v) is 10.4. The van der Waals surface area contributed by atoms with E-state index in [-0.39, 0.29) is 36.4 Å². The predicted molar refractivity (Wildman–Crippen MR) is 102 cm³/mol. The fraction of sp³-hybridized carbons (Fsp3) is 0.421. The molecule has 0 saturated heterocycles. The lowest BCUT2D eigenvalue weighted by Gasteiger charge is -2.20. The van der Waals surface area contributed by atoms with Crippen molar-refractivity contribution in [1.82, 2.24) is 4.57 Å². The molecule has 0 radical (unpaired) electrons. The number of pyridine rings is 1. The smallest absolute Gasteiger partial charge is 0.286 e. The zero-order valence-corrected chi connectivity index (χ0v) is 16.4. The van der Waals surface area contributed by atoms with Gasteiger partial charge in [-0.15, -0.1) is 0 Å². The van der Waals surface area contributed by atoms with Gasteiger partial charge < -0.3 is 9.67 Å². The van der Waals surface area contributed by atoms with Gasteiger partial charge in [0.15, 0.2) is 5.82 Å². The highest BCUT2D eigenvalue weighted by molar-refractivity contribution is 7.94. The van der Waals surface area contributed by atoms with Crippen LogP contribution in [0.3, 0.4) is 0 Å². The number of sulfonamides is 1. The molecule has 1 heterocycles. The van der Waals surface area contributed by atoms with Gasteiger partial charge in [0.05, 0.1) is 10.4 Å². The number of rotatable bonds is 7. The molecule has 1 saturated carbocycles. The molecule has 1 fully saturated rings. The van der Waals surface area contributed by atoms with E-state index in [9.17, 15) is 22.0 Å². The Hall–Kier alpha value is -2.26. The summed E-state index contributed by atoms with van der Waals surface area (Å²) in [5.74, 6) is -1.61. The summed E-state index contributed by atoms with van der Waals surface area (Å²) in [6, 6.07) is 5.41. The fourth-order valence-corrected chi connectivity index (χ4v) is 4.95. The van der Waals surface area contributed by atoms with Gasteiger partial charge in [0.2, 0.25) is 10.0 Å². The molecule has 0 atom stereocenters. The molecule has 1 aliphatic carbocycles. The average molecular weight is 412 g/mol. The van der Waals surface area contributed by atoms with Crippen LogP contribution in [-0.2, 0) is 23.5 Å². The normalized spacial score (nSPS) is 15.5. The van der Waals surface area contributed by atoms with Crippen molar-refractivity contribution < 1.29 is 22.3 Å². The van der Waals surface area contributed by atoms with Crippen LogP contribution in [0.2, 0.25) is 0 Å². The summed E-state index contributed by atoms with van der Waals surface area (Å²) in [5, 5.41) is 9.16. The van der Waals surface area contributed by atoms with Crippen LogP contribution in [0.5, 0.6) is 0 Å². The number of benzene rings is 1. The summed E-state index contributed by atoms with van der Waals surface area (Å²) in [6.45, 7) is 1.44. The quantitative estimate of drug-likeness (QED) is 0.730. The number of hydrogen-bond donors (Lipinski definition) is 2. The number of nitrogens with zero attached hydrogens (tertiary/aromatic N) is 1. The minimum absolute atomic E-state index is 0.0680. The Morgan fingerprint density at radius 3 is 2.46 bits per heavy atom. The van der Waals surface area contributed by atoms with Gasteiger partial charge in [-0.1, -0.05) is 12.1 Å². The van der Waals surface area contributed by atoms with Crippen molar-refractivity contribution in [1.29, 1.82) is 0 Å². The minimum atomic E-state index is -3.93. The molecule has 0 amide bonds. The first-order valence-electron chi connectivity index (χ1n) is 8.87. The van der Waals surface area contributed by atoms with E-state index in [0.29, 0.717) is 12.8 Å². The number of anilines is 1. The van der Waals surface area contributed by atoms with Crippen molar-refractivity contribution in [3.05, 3.63) is 63.1 Å². The van der Waals surface area contributed by atoms with Gasteiger partial charge in [-0.3, -0.25) is 9.52 Å². The summed E-state index contributed by atoms with van der Waals surface area (Å²) in [5.41, 5.74) is 0.0854. The highest BCUT2D eigenvalue weighted by Gasteiger charge is 2.54. The lowest BCUT2D eigenvalue weighted by atomic mass is 10.1. The van der Waals surface area contributed by atoms with E-state index < -0.39 is 32.0 Å². The van der Waals surface area contributed by atoms with Crippen molar-refractivity contribution in [3.8, 4) is 0 Å². The van der Waals surface area contributed by atoms with Crippen molar-refractivity contribution in [2.75, 3.05) is 11.3 Å². The Balaban J connectivity index is 2.05. The van der Waals surface area contributed by atoms with Crippen molar-refractivity contribution in [3.63, 3.8) is 0 Å². The third-order valence-corrected chi connectivity index (χ3v) is 7.49. The first kappa shape index (κ1) is 20.5. The Kier molecular flexibility index (Phi) is 5.33. The Bertz CT molecular complexity index is 1080. The molecule has 0 bridgehead atoms. The lowest BCUT2D eigenvalue weighted by Crippen LogP contribution is -2.33. The summed E-state index contributed by atoms with van der Waals surface area (Å²) < 4.78 is 56.2. The van der Waals surface area contributed by atoms with E-state index in [1.165, 1.54) is 13.1 Å². The highest BCUT2D eigenvalue weighted by atomic mass is 32.2. The van der Waals surface area contributed by atoms with Gasteiger partial charge in [-0.2, -0.15) is 0 Å². The molecule has 1 aromatic carbocycles. The number of nitrogens with one attached hydrogen (secondary N) is 1. The van der Waals surface area contributed by atoms with Crippen LogP contribution in [0.15, 0.2) is 29.1 Å². The van der Waals surface area contributed by atoms with Crippen LogP contribution >= 0.6 is 0 Å². The van der Waals surface area contributed by atoms with Gasteiger partial charge in [0, 0.05) is 31.8 Å². The van der Waals surface area contributed by atoms with Gasteiger partial charge in [-0.05, 0) is 43.4 Å². The largest absolute Gasteiger partial charge is 0.396 e. The molecule has 28 heavy (non-hydrogen) atoms. The Morgan fingerprint density at radius 2 is 1.89 bits per heavy atom. The van der Waals surface area contributed by atoms with Crippen LogP contribution in [0.25, 0.3) is 0 Å². The van der Waals surface area contributed by atoms with Crippen molar-refractivity contribution in [2.24, 2.45) is 7.05 Å². The second-order valence-electron chi connectivity index (χ2n) is 7.25. The number of aliphatic hydroxyl groups excluding tert-OH is 1. The molecule has 0 spiro atoms. The van der Waals surface area contributed by atoms with Gasteiger partial charge in [0.1, 0.15) is 5.82 Å². The topological polar surface area (TPSA) is 88.4 Å². The second-order valence-corrected chi connectivity index (χ2v) is 9.33. The van der Waals surface area contributed by atoms with E-state index in [1.807, 2.05) is 0 Å². The molecule has 2 N–H and O–H groups in total. The third kappa shape index (κ3) is 3.68. The van der Waals surface area contributed by atoms with Crippen LogP contribution in [0.1, 0.15) is 36.1 Å². The van der Waals surface area contributed by atoms with E-state index in [0.717, 1.165) is 16.2 Å². The molecule has 0 unspecified atom stereocenters. The summed E-state index contributed by atoms with van der Waals surface area (Å²) >= 11 is 0. The van der Waals surface area contributed by atoms with Crippen molar-refractivity contribution in [2.45, 2.75) is 37.4 Å². The molecule has 152 valence electrons. The number of aliphatic hydroxyl groups is 1. The maximum atomic E-state index is 14.3. The maximum absolute atomic E-state index is 14.3. The van der Waals surface area contributed by atoms with Gasteiger partial charge in [0.25, 0.3) is 5.56 Å². The minimum Gasteiger partial charge on any atom is -0.396 e. The monoisotopic (exact) mass is 412 g/mol. The summed E-state index contributed by atoms with van der Waals surface area (Å²) in [6.07, 6.45) is 0.750. The van der Waals surface area contributed by atoms with Crippen LogP contribution < -0.4 is 10.3 Å². The molecule has 2 aromatic rings. The van der Waals surface area contributed by atoms with E-state index >= 15 is 0 Å². The van der Waals surface area contributed by atoms with Gasteiger partial charge >= 0.3 is 0 Å². The summed E-state index contributed by atoms with van der Waals surface area (Å²) in [7, 11) is -2.62. The predicted octanol–water partition coefficient (Wildman–Crippen LogP) is 2.22. The lowest BCUT2D eigenvalue weighted by molar-refractivity contribution is 0.283. The molecule has 1 aromatic heterocycles. The molecular weight excluding hydrogens is 390 g/mol. The molecule has 9 heteroatoms. The molecular formula is C19H22F2N2O4S. The molecule has 3 rings (SSSR count). The standard InChI is InChI=1S/C19H22F2N2O4S/c1-12-3-4-13(14(20)9-12)10-17-16(11-15(21)18(25)23(17)2)22-28(26,27)19(5-6-19)7-8-24/h3-4,9,11,22,24H,5-8,10H2,1-2H3. The fourth-order valence-electron chi connectivity index (χ4n) is 3.26. The number of aryl methyl sites for hydroxylation is 1. The van der Waals surface area contributed by atoms with E-state index in [1.54, 1.807) is 19.1 Å². The zero-order valence-electron chi connectivity index (χ0n) is 15.6. The third-order valence-electron chi connectivity index (χ3n) is 5.25. The molecule has 0 aliphatic heterocycles.